The number of halogens is 1. The standard InChI is InChI=1S/C15H20ClNO4S/c1-9(2)8-15(4-5-15)17-22(20,21)12-7-11(14(18)19)6-10(3)13(12)16/h6-7,9,17H,4-5,8H2,1-3H3,(H,18,19). The summed E-state index contributed by atoms with van der Waals surface area (Å²) in [6.45, 7) is 5.67. The molecule has 0 aliphatic heterocycles. The molecule has 0 amide bonds. The van der Waals surface area contributed by atoms with Crippen LogP contribution in [0.1, 0.15) is 49.0 Å². The van der Waals surface area contributed by atoms with Crippen LogP contribution in [0.25, 0.3) is 0 Å². The van der Waals surface area contributed by atoms with Crippen LogP contribution in [0.3, 0.4) is 0 Å². The molecule has 122 valence electrons. The van der Waals surface area contributed by atoms with Crippen molar-refractivity contribution >= 4 is 27.6 Å². The fourth-order valence-corrected chi connectivity index (χ4v) is 4.74. The van der Waals surface area contributed by atoms with Gasteiger partial charge >= 0.3 is 5.97 Å². The minimum atomic E-state index is -3.86. The molecule has 1 aromatic rings. The van der Waals surface area contributed by atoms with E-state index in [9.17, 15) is 13.2 Å². The van der Waals surface area contributed by atoms with Gasteiger partial charge in [-0.25, -0.2) is 17.9 Å². The van der Waals surface area contributed by atoms with E-state index in [2.05, 4.69) is 4.72 Å². The van der Waals surface area contributed by atoms with Crippen molar-refractivity contribution in [1.29, 1.82) is 0 Å². The molecule has 0 heterocycles. The summed E-state index contributed by atoms with van der Waals surface area (Å²) < 4.78 is 28.0. The maximum absolute atomic E-state index is 12.6. The molecule has 1 fully saturated rings. The van der Waals surface area contributed by atoms with Gasteiger partial charge in [0, 0.05) is 5.54 Å². The highest BCUT2D eigenvalue weighted by Gasteiger charge is 2.46. The summed E-state index contributed by atoms with van der Waals surface area (Å²) in [5.74, 6) is -0.813. The van der Waals surface area contributed by atoms with Gasteiger partial charge in [0.05, 0.1) is 10.6 Å². The van der Waals surface area contributed by atoms with E-state index in [4.69, 9.17) is 16.7 Å². The van der Waals surface area contributed by atoms with Gasteiger partial charge in [-0.3, -0.25) is 0 Å². The summed E-state index contributed by atoms with van der Waals surface area (Å²) in [6.07, 6.45) is 2.33. The number of sulfonamides is 1. The molecule has 1 aromatic carbocycles. The molecule has 5 nitrogen and oxygen atoms in total. The van der Waals surface area contributed by atoms with E-state index in [0.29, 0.717) is 11.5 Å². The molecule has 22 heavy (non-hydrogen) atoms. The van der Waals surface area contributed by atoms with Crippen molar-refractivity contribution in [2.24, 2.45) is 5.92 Å². The fourth-order valence-electron chi connectivity index (χ4n) is 2.68. The summed E-state index contributed by atoms with van der Waals surface area (Å²) in [7, 11) is -3.86. The lowest BCUT2D eigenvalue weighted by Crippen LogP contribution is -2.38. The van der Waals surface area contributed by atoms with Crippen LogP contribution in [0.15, 0.2) is 17.0 Å². The van der Waals surface area contributed by atoms with Gasteiger partial charge in [0.15, 0.2) is 0 Å². The van der Waals surface area contributed by atoms with Gasteiger partial charge in [0.25, 0.3) is 0 Å². The summed E-state index contributed by atoms with van der Waals surface area (Å²) in [6, 6.07) is 2.48. The Labute approximate surface area is 135 Å². The molecule has 0 unspecified atom stereocenters. The normalized spacial score (nSPS) is 16.8. The van der Waals surface area contributed by atoms with Gasteiger partial charge < -0.3 is 5.11 Å². The Morgan fingerprint density at radius 1 is 1.41 bits per heavy atom. The van der Waals surface area contributed by atoms with E-state index in [0.717, 1.165) is 25.3 Å². The second-order valence-electron chi connectivity index (χ2n) is 6.39. The minimum Gasteiger partial charge on any atom is -0.478 e. The third-order valence-corrected chi connectivity index (χ3v) is 5.98. The Morgan fingerprint density at radius 2 is 2.00 bits per heavy atom. The average molecular weight is 346 g/mol. The van der Waals surface area contributed by atoms with Crippen molar-refractivity contribution < 1.29 is 18.3 Å². The number of benzene rings is 1. The smallest absolute Gasteiger partial charge is 0.335 e. The quantitative estimate of drug-likeness (QED) is 0.829. The zero-order chi connectivity index (χ0) is 16.7. The molecule has 0 aromatic heterocycles. The average Bonchev–Trinajstić information content (AvgIpc) is 3.09. The molecular formula is C15H20ClNO4S. The van der Waals surface area contributed by atoms with Gasteiger partial charge in [-0.1, -0.05) is 25.4 Å². The summed E-state index contributed by atoms with van der Waals surface area (Å²) in [5, 5.41) is 9.16. The van der Waals surface area contributed by atoms with Crippen LogP contribution < -0.4 is 4.72 Å². The zero-order valence-electron chi connectivity index (χ0n) is 12.8. The number of aryl methyl sites for hydroxylation is 1. The maximum atomic E-state index is 12.6. The Balaban J connectivity index is 2.40. The molecular weight excluding hydrogens is 326 g/mol. The minimum absolute atomic E-state index is 0.0675. The van der Waals surface area contributed by atoms with Crippen LogP contribution in [0.4, 0.5) is 0 Å². The van der Waals surface area contributed by atoms with Crippen LogP contribution in [0, 0.1) is 12.8 Å². The molecule has 0 spiro atoms. The lowest BCUT2D eigenvalue weighted by Gasteiger charge is -2.20. The number of aromatic carboxylic acids is 1. The third kappa shape index (κ3) is 3.62. The number of hydrogen-bond donors (Lipinski definition) is 2. The Bertz CT molecular complexity index is 708. The zero-order valence-corrected chi connectivity index (χ0v) is 14.4. The van der Waals surface area contributed by atoms with Gasteiger partial charge in [-0.05, 0) is 49.8 Å². The molecule has 2 rings (SSSR count). The molecule has 0 saturated heterocycles. The van der Waals surface area contributed by atoms with Gasteiger partial charge in [-0.15, -0.1) is 0 Å². The summed E-state index contributed by atoms with van der Waals surface area (Å²) >= 11 is 6.10. The highest BCUT2D eigenvalue weighted by molar-refractivity contribution is 7.89. The van der Waals surface area contributed by atoms with Gasteiger partial charge in [0.2, 0.25) is 10.0 Å². The molecule has 1 aliphatic carbocycles. The molecule has 0 radical (unpaired) electrons. The summed E-state index contributed by atoms with van der Waals surface area (Å²) in [5.41, 5.74) is -0.0738. The highest BCUT2D eigenvalue weighted by atomic mass is 35.5. The molecule has 1 aliphatic rings. The maximum Gasteiger partial charge on any atom is 0.335 e. The second-order valence-corrected chi connectivity index (χ2v) is 8.42. The first-order chi connectivity index (χ1) is 10.1. The largest absolute Gasteiger partial charge is 0.478 e. The highest BCUT2D eigenvalue weighted by Crippen LogP contribution is 2.42. The number of carboxylic acid groups (broad SMARTS) is 1. The predicted molar refractivity (Wildman–Crippen MR) is 84.9 cm³/mol. The monoisotopic (exact) mass is 345 g/mol. The van der Waals surface area contributed by atoms with Crippen molar-refractivity contribution in [3.8, 4) is 0 Å². The molecule has 2 N–H and O–H groups in total. The third-order valence-electron chi connectivity index (χ3n) is 3.76. The van der Waals surface area contributed by atoms with E-state index < -0.39 is 21.5 Å². The molecule has 1 saturated carbocycles. The second kappa shape index (κ2) is 5.83. The van der Waals surface area contributed by atoms with Gasteiger partial charge in [0.1, 0.15) is 4.90 Å². The van der Waals surface area contributed by atoms with Crippen LogP contribution in [-0.4, -0.2) is 25.0 Å². The first-order valence-electron chi connectivity index (χ1n) is 7.14. The number of carboxylic acids is 1. The first-order valence-corrected chi connectivity index (χ1v) is 9.00. The summed E-state index contributed by atoms with van der Waals surface area (Å²) in [4.78, 5) is 11.0. The molecule has 0 bridgehead atoms. The number of carbonyl (C=O) groups is 1. The van der Waals surface area contributed by atoms with Crippen LogP contribution in [-0.2, 0) is 10.0 Å². The van der Waals surface area contributed by atoms with Crippen LogP contribution >= 0.6 is 11.6 Å². The lowest BCUT2D eigenvalue weighted by atomic mass is 10.0. The number of nitrogens with one attached hydrogen (secondary N) is 1. The Hall–Kier alpha value is -1.11. The van der Waals surface area contributed by atoms with Crippen molar-refractivity contribution in [1.82, 2.24) is 4.72 Å². The van der Waals surface area contributed by atoms with Crippen molar-refractivity contribution in [3.63, 3.8) is 0 Å². The van der Waals surface area contributed by atoms with Crippen LogP contribution in [0.5, 0.6) is 0 Å². The van der Waals surface area contributed by atoms with E-state index in [1.165, 1.54) is 6.07 Å². The van der Waals surface area contributed by atoms with Crippen molar-refractivity contribution in [3.05, 3.63) is 28.3 Å². The Morgan fingerprint density at radius 3 is 2.45 bits per heavy atom. The fraction of sp³-hybridized carbons (Fsp3) is 0.533. The number of hydrogen-bond acceptors (Lipinski definition) is 3. The lowest BCUT2D eigenvalue weighted by molar-refractivity contribution is 0.0696. The van der Waals surface area contributed by atoms with Crippen LogP contribution in [0.2, 0.25) is 5.02 Å². The number of rotatable bonds is 6. The van der Waals surface area contributed by atoms with Crippen molar-refractivity contribution in [2.75, 3.05) is 0 Å². The molecule has 0 atom stereocenters. The van der Waals surface area contributed by atoms with Crippen molar-refractivity contribution in [2.45, 2.75) is 50.5 Å². The van der Waals surface area contributed by atoms with E-state index in [1.54, 1.807) is 6.92 Å². The van der Waals surface area contributed by atoms with Gasteiger partial charge in [-0.2, -0.15) is 0 Å². The topological polar surface area (TPSA) is 83.5 Å². The van der Waals surface area contributed by atoms with E-state index >= 15 is 0 Å². The Kier molecular flexibility index (Phi) is 4.57. The van der Waals surface area contributed by atoms with E-state index in [-0.39, 0.29) is 15.5 Å². The van der Waals surface area contributed by atoms with E-state index in [1.807, 2.05) is 13.8 Å². The SMILES string of the molecule is Cc1cc(C(=O)O)cc(S(=O)(=O)NC2(CC(C)C)CC2)c1Cl. The molecule has 7 heteroatoms. The predicted octanol–water partition coefficient (Wildman–Crippen LogP) is 3.20. The first kappa shape index (κ1) is 17.2.